The fraction of sp³-hybridized carbons (Fsp3) is 0.480. The van der Waals surface area contributed by atoms with Gasteiger partial charge in [-0.3, -0.25) is 0 Å². The number of nitrogens with one attached hydrogen (secondary N) is 1. The summed E-state index contributed by atoms with van der Waals surface area (Å²) in [4.78, 5) is 4.76. The van der Waals surface area contributed by atoms with E-state index in [-0.39, 0.29) is 0 Å². The lowest BCUT2D eigenvalue weighted by atomic mass is 10.1. The number of rotatable bonds is 12. The van der Waals surface area contributed by atoms with E-state index >= 15 is 0 Å². The van der Waals surface area contributed by atoms with E-state index in [1.807, 2.05) is 0 Å². The first-order valence-electron chi connectivity index (χ1n) is 12.2. The maximum absolute atomic E-state index is 4.76. The molecule has 0 saturated heterocycles. The number of aryl methyl sites for hydroxylation is 3. The normalized spacial score (nSPS) is 11.4. The average molecular weight is 447 g/mol. The molecule has 0 unspecified atom stereocenters. The molecule has 8 heteroatoms. The third-order valence-electron chi connectivity index (χ3n) is 5.85. The maximum Gasteiger partial charge on any atom is 0.196 e. The summed E-state index contributed by atoms with van der Waals surface area (Å²) in [5.74, 6) is 2.71. The Kier molecular flexibility index (Phi) is 7.65. The lowest BCUT2D eigenvalue weighted by Gasteiger charge is -2.13. The number of aromatic nitrogens is 8. The van der Waals surface area contributed by atoms with Crippen molar-refractivity contribution in [2.75, 3.05) is 0 Å². The Morgan fingerprint density at radius 1 is 0.848 bits per heavy atom. The first-order valence-corrected chi connectivity index (χ1v) is 12.2. The van der Waals surface area contributed by atoms with Crippen LogP contribution >= 0.6 is 0 Å². The molecule has 0 radical (unpaired) electrons. The van der Waals surface area contributed by atoms with Crippen molar-refractivity contribution in [1.29, 1.82) is 0 Å². The summed E-state index contributed by atoms with van der Waals surface area (Å²) in [6.07, 6.45) is 8.62. The van der Waals surface area contributed by atoms with Gasteiger partial charge in [-0.15, -0.1) is 5.10 Å². The van der Waals surface area contributed by atoms with Gasteiger partial charge in [-0.1, -0.05) is 45.7 Å². The van der Waals surface area contributed by atoms with Crippen LogP contribution in [-0.4, -0.2) is 40.0 Å². The molecule has 1 N–H and O–H groups in total. The van der Waals surface area contributed by atoms with Gasteiger partial charge in [-0.05, 0) is 65.9 Å². The van der Waals surface area contributed by atoms with E-state index in [2.05, 4.69) is 87.0 Å². The number of aromatic amines is 1. The van der Waals surface area contributed by atoms with Crippen molar-refractivity contribution in [3.63, 3.8) is 0 Å². The Bertz CT molecular complexity index is 1120. The molecule has 3 heterocycles. The zero-order valence-electron chi connectivity index (χ0n) is 20.0. The first-order chi connectivity index (χ1) is 16.2. The molecule has 0 atom stereocenters. The van der Waals surface area contributed by atoms with Crippen molar-refractivity contribution in [2.24, 2.45) is 0 Å². The number of hydrogen-bond donors (Lipinski definition) is 1. The van der Waals surface area contributed by atoms with Gasteiger partial charge in [0, 0.05) is 24.2 Å². The SMILES string of the molecule is CCCCCc1ccc(-c2nnn[nH]2)n1-c1ccc(Cn2nc(CCC)nc2CCC)cc1. The van der Waals surface area contributed by atoms with Gasteiger partial charge < -0.3 is 4.57 Å². The molecule has 0 bridgehead atoms. The molecule has 0 saturated carbocycles. The summed E-state index contributed by atoms with van der Waals surface area (Å²) < 4.78 is 4.33. The minimum Gasteiger partial charge on any atom is -0.311 e. The highest BCUT2D eigenvalue weighted by Gasteiger charge is 2.15. The zero-order valence-corrected chi connectivity index (χ0v) is 20.0. The van der Waals surface area contributed by atoms with E-state index < -0.39 is 0 Å². The van der Waals surface area contributed by atoms with Crippen LogP contribution in [0.2, 0.25) is 0 Å². The highest BCUT2D eigenvalue weighted by Crippen LogP contribution is 2.25. The van der Waals surface area contributed by atoms with Crippen LogP contribution in [0.1, 0.15) is 75.8 Å². The predicted octanol–water partition coefficient (Wildman–Crippen LogP) is 4.93. The summed E-state index contributed by atoms with van der Waals surface area (Å²) in [7, 11) is 0. The van der Waals surface area contributed by atoms with E-state index in [0.717, 1.165) is 61.7 Å². The quantitative estimate of drug-likeness (QED) is 0.312. The highest BCUT2D eigenvalue weighted by molar-refractivity contribution is 5.56. The van der Waals surface area contributed by atoms with Crippen LogP contribution in [0.25, 0.3) is 17.2 Å². The molecular weight excluding hydrogens is 412 g/mol. The smallest absolute Gasteiger partial charge is 0.196 e. The van der Waals surface area contributed by atoms with Crippen molar-refractivity contribution in [3.8, 4) is 17.2 Å². The largest absolute Gasteiger partial charge is 0.311 e. The van der Waals surface area contributed by atoms with E-state index in [0.29, 0.717) is 5.82 Å². The lowest BCUT2D eigenvalue weighted by Crippen LogP contribution is -2.08. The van der Waals surface area contributed by atoms with E-state index in [9.17, 15) is 0 Å². The summed E-state index contributed by atoms with van der Waals surface area (Å²) in [6, 6.07) is 13.0. The van der Waals surface area contributed by atoms with E-state index in [4.69, 9.17) is 10.1 Å². The van der Waals surface area contributed by atoms with Crippen LogP contribution in [-0.2, 0) is 25.8 Å². The second kappa shape index (κ2) is 11.0. The molecule has 8 nitrogen and oxygen atoms in total. The highest BCUT2D eigenvalue weighted by atomic mass is 15.5. The fourth-order valence-corrected chi connectivity index (χ4v) is 4.20. The molecule has 0 aliphatic carbocycles. The molecule has 0 aliphatic heterocycles. The van der Waals surface area contributed by atoms with Crippen molar-refractivity contribution in [2.45, 2.75) is 78.7 Å². The van der Waals surface area contributed by atoms with E-state index in [1.54, 1.807) is 0 Å². The summed E-state index contributed by atoms with van der Waals surface area (Å²) in [6.45, 7) is 7.32. The molecule has 33 heavy (non-hydrogen) atoms. The molecule has 0 fully saturated rings. The van der Waals surface area contributed by atoms with Crippen LogP contribution in [0.5, 0.6) is 0 Å². The number of nitrogens with zero attached hydrogens (tertiary/aromatic N) is 7. The molecule has 4 rings (SSSR count). The summed E-state index contributed by atoms with van der Waals surface area (Å²) >= 11 is 0. The molecule has 4 aromatic rings. The van der Waals surface area contributed by atoms with Crippen LogP contribution in [0, 0.1) is 0 Å². The van der Waals surface area contributed by atoms with Gasteiger partial charge in [-0.25, -0.2) is 14.8 Å². The van der Waals surface area contributed by atoms with Crippen molar-refractivity contribution < 1.29 is 0 Å². The minimum atomic E-state index is 0.677. The number of hydrogen-bond acceptors (Lipinski definition) is 5. The lowest BCUT2D eigenvalue weighted by molar-refractivity contribution is 0.623. The number of unbranched alkanes of at least 4 members (excludes halogenated alkanes) is 2. The van der Waals surface area contributed by atoms with E-state index in [1.165, 1.54) is 30.5 Å². The summed E-state index contributed by atoms with van der Waals surface area (Å²) in [5.41, 5.74) is 4.57. The third kappa shape index (κ3) is 5.38. The molecule has 3 aromatic heterocycles. The Morgan fingerprint density at radius 3 is 2.36 bits per heavy atom. The minimum absolute atomic E-state index is 0.677. The Labute approximate surface area is 195 Å². The Balaban J connectivity index is 1.60. The molecule has 1 aromatic carbocycles. The van der Waals surface area contributed by atoms with Crippen LogP contribution < -0.4 is 0 Å². The van der Waals surface area contributed by atoms with Gasteiger partial charge in [0.25, 0.3) is 0 Å². The fourth-order valence-electron chi connectivity index (χ4n) is 4.20. The predicted molar refractivity (Wildman–Crippen MR) is 129 cm³/mol. The molecule has 0 spiro atoms. The maximum atomic E-state index is 4.76. The van der Waals surface area contributed by atoms with Crippen LogP contribution in [0.3, 0.4) is 0 Å². The standard InChI is InChI=1S/C25H34N8/c1-4-7-8-11-20-16-17-22(25-27-30-31-28-25)33(20)21-14-12-19(13-15-21)18-32-24(10-6-3)26-23(29-32)9-5-2/h12-17H,4-11,18H2,1-3H3,(H,27,28,30,31). The number of benzene rings is 1. The zero-order chi connectivity index (χ0) is 23.0. The van der Waals surface area contributed by atoms with Crippen molar-refractivity contribution in [3.05, 3.63) is 59.3 Å². The second-order valence-corrected chi connectivity index (χ2v) is 8.52. The van der Waals surface area contributed by atoms with Gasteiger partial charge in [0.05, 0.1) is 12.2 Å². The van der Waals surface area contributed by atoms with Gasteiger partial charge in [-0.2, -0.15) is 5.10 Å². The molecular formula is C25H34N8. The summed E-state index contributed by atoms with van der Waals surface area (Å²) in [5, 5.41) is 19.4. The average Bonchev–Trinajstić information content (AvgIpc) is 3.56. The monoisotopic (exact) mass is 446 g/mol. The number of tetrazole rings is 1. The van der Waals surface area contributed by atoms with Gasteiger partial charge in [0.2, 0.25) is 0 Å². The second-order valence-electron chi connectivity index (χ2n) is 8.52. The topological polar surface area (TPSA) is 90.1 Å². The van der Waals surface area contributed by atoms with Crippen molar-refractivity contribution >= 4 is 0 Å². The first kappa shape index (κ1) is 22.9. The van der Waals surface area contributed by atoms with Crippen molar-refractivity contribution in [1.82, 2.24) is 40.0 Å². The molecule has 174 valence electrons. The van der Waals surface area contributed by atoms with Gasteiger partial charge in [0.15, 0.2) is 11.6 Å². The third-order valence-corrected chi connectivity index (χ3v) is 5.85. The number of H-pyrrole nitrogens is 1. The van der Waals surface area contributed by atoms with Gasteiger partial charge >= 0.3 is 0 Å². The Hall–Kier alpha value is -3.29. The molecule has 0 amide bonds. The van der Waals surface area contributed by atoms with Crippen LogP contribution in [0.4, 0.5) is 0 Å². The van der Waals surface area contributed by atoms with Gasteiger partial charge in [0.1, 0.15) is 5.82 Å². The Morgan fingerprint density at radius 2 is 1.67 bits per heavy atom. The molecule has 0 aliphatic rings. The van der Waals surface area contributed by atoms with Crippen LogP contribution in [0.15, 0.2) is 36.4 Å².